The number of guanidine groups is 1. The number of nitrogens with two attached hydrogens (primary N) is 1. The van der Waals surface area contributed by atoms with E-state index in [9.17, 15) is 4.39 Å². The second-order valence-corrected chi connectivity index (χ2v) is 4.97. The van der Waals surface area contributed by atoms with Crippen LogP contribution in [-0.4, -0.2) is 26.2 Å². The van der Waals surface area contributed by atoms with Crippen LogP contribution in [-0.2, 0) is 6.42 Å². The Kier molecular flexibility index (Phi) is 8.24. The third-order valence-corrected chi connectivity index (χ3v) is 3.23. The van der Waals surface area contributed by atoms with E-state index in [1.165, 1.54) is 32.4 Å². The van der Waals surface area contributed by atoms with Gasteiger partial charge in [-0.25, -0.2) is 4.39 Å². The fourth-order valence-corrected chi connectivity index (χ4v) is 1.99. The van der Waals surface area contributed by atoms with Gasteiger partial charge in [0.1, 0.15) is 0 Å². The molecule has 0 spiro atoms. The molecular formula is C16H26FN3O. The van der Waals surface area contributed by atoms with Crippen molar-refractivity contribution in [3.63, 3.8) is 0 Å². The molecule has 118 valence electrons. The summed E-state index contributed by atoms with van der Waals surface area (Å²) in [4.78, 5) is 4.27. The molecule has 1 rings (SSSR count). The van der Waals surface area contributed by atoms with Crippen LogP contribution in [0.4, 0.5) is 4.39 Å². The van der Waals surface area contributed by atoms with Crippen LogP contribution >= 0.6 is 0 Å². The van der Waals surface area contributed by atoms with Crippen molar-refractivity contribution in [1.82, 2.24) is 5.32 Å². The van der Waals surface area contributed by atoms with Gasteiger partial charge in [0.25, 0.3) is 0 Å². The number of hydrogen-bond donors (Lipinski definition) is 2. The Labute approximate surface area is 126 Å². The highest BCUT2D eigenvalue weighted by Crippen LogP contribution is 2.18. The molecule has 3 N–H and O–H groups in total. The van der Waals surface area contributed by atoms with Gasteiger partial charge in [0.2, 0.25) is 0 Å². The topological polar surface area (TPSA) is 59.6 Å². The Morgan fingerprint density at radius 3 is 2.86 bits per heavy atom. The molecule has 4 nitrogen and oxygen atoms in total. The maximum absolute atomic E-state index is 13.3. The number of aliphatic imine (C=N–C) groups is 1. The van der Waals surface area contributed by atoms with Gasteiger partial charge in [0.15, 0.2) is 17.5 Å². The minimum Gasteiger partial charge on any atom is -0.494 e. The molecule has 0 aliphatic heterocycles. The highest BCUT2D eigenvalue weighted by molar-refractivity contribution is 5.77. The van der Waals surface area contributed by atoms with E-state index < -0.39 is 0 Å². The van der Waals surface area contributed by atoms with Crippen molar-refractivity contribution in [2.45, 2.75) is 39.0 Å². The van der Waals surface area contributed by atoms with Gasteiger partial charge < -0.3 is 15.8 Å². The fraction of sp³-hybridized carbons (Fsp3) is 0.562. The van der Waals surface area contributed by atoms with Crippen LogP contribution in [0.25, 0.3) is 0 Å². The average molecular weight is 295 g/mol. The molecular weight excluding hydrogens is 269 g/mol. The molecule has 0 amide bonds. The first-order chi connectivity index (χ1) is 10.2. The molecule has 0 aromatic heterocycles. The van der Waals surface area contributed by atoms with E-state index in [1.807, 2.05) is 0 Å². The van der Waals surface area contributed by atoms with E-state index in [2.05, 4.69) is 17.2 Å². The van der Waals surface area contributed by atoms with Crippen LogP contribution in [0, 0.1) is 5.82 Å². The monoisotopic (exact) mass is 295 g/mol. The lowest BCUT2D eigenvalue weighted by Crippen LogP contribution is -2.33. The molecule has 0 aliphatic carbocycles. The number of nitrogens with zero attached hydrogens (tertiary/aromatic N) is 1. The Hall–Kier alpha value is -1.78. The van der Waals surface area contributed by atoms with E-state index in [-0.39, 0.29) is 11.6 Å². The van der Waals surface area contributed by atoms with Crippen molar-refractivity contribution in [3.05, 3.63) is 29.6 Å². The molecule has 21 heavy (non-hydrogen) atoms. The van der Waals surface area contributed by atoms with Crippen molar-refractivity contribution in [3.8, 4) is 5.75 Å². The Morgan fingerprint density at radius 1 is 1.33 bits per heavy atom. The van der Waals surface area contributed by atoms with Crippen molar-refractivity contribution < 1.29 is 9.13 Å². The summed E-state index contributed by atoms with van der Waals surface area (Å²) in [6.07, 6.45) is 5.48. The first-order valence-corrected chi connectivity index (χ1v) is 7.53. The lowest BCUT2D eigenvalue weighted by atomic mass is 10.1. The first kappa shape index (κ1) is 17.3. The van der Waals surface area contributed by atoms with Gasteiger partial charge >= 0.3 is 0 Å². The standard InChI is InChI=1S/C16H26FN3O/c1-3-4-5-6-10-19-16(18)20-11-9-13-7-8-14(17)15(12-13)21-2/h7-8,12H,3-6,9-11H2,1-2H3,(H3,18,19,20). The van der Waals surface area contributed by atoms with Gasteiger partial charge in [-0.2, -0.15) is 0 Å². The highest BCUT2D eigenvalue weighted by atomic mass is 19.1. The SMILES string of the molecule is CCCCCCN=C(N)NCCc1ccc(F)c(OC)c1. The van der Waals surface area contributed by atoms with Gasteiger partial charge in [-0.15, -0.1) is 0 Å². The van der Waals surface area contributed by atoms with Crippen LogP contribution in [0.1, 0.15) is 38.2 Å². The van der Waals surface area contributed by atoms with Crippen molar-refractivity contribution in [2.24, 2.45) is 10.7 Å². The first-order valence-electron chi connectivity index (χ1n) is 7.53. The van der Waals surface area contributed by atoms with Crippen LogP contribution in [0.15, 0.2) is 23.2 Å². The second kappa shape index (κ2) is 10.0. The number of nitrogens with one attached hydrogen (secondary N) is 1. The molecule has 0 bridgehead atoms. The number of methoxy groups -OCH3 is 1. The second-order valence-electron chi connectivity index (χ2n) is 4.97. The van der Waals surface area contributed by atoms with Crippen LogP contribution in [0.3, 0.4) is 0 Å². The van der Waals surface area contributed by atoms with Crippen molar-refractivity contribution in [2.75, 3.05) is 20.2 Å². The molecule has 0 saturated heterocycles. The van der Waals surface area contributed by atoms with E-state index >= 15 is 0 Å². The van der Waals surface area contributed by atoms with Gasteiger partial charge in [0, 0.05) is 13.1 Å². The summed E-state index contributed by atoms with van der Waals surface area (Å²) in [5, 5.41) is 3.07. The molecule has 5 heteroatoms. The zero-order chi connectivity index (χ0) is 15.5. The van der Waals surface area contributed by atoms with E-state index in [4.69, 9.17) is 10.5 Å². The predicted molar refractivity (Wildman–Crippen MR) is 85.3 cm³/mol. The normalized spacial score (nSPS) is 11.5. The number of rotatable bonds is 9. The van der Waals surface area contributed by atoms with E-state index in [1.54, 1.807) is 12.1 Å². The lowest BCUT2D eigenvalue weighted by molar-refractivity contribution is 0.386. The smallest absolute Gasteiger partial charge is 0.188 e. The number of halogens is 1. The van der Waals surface area contributed by atoms with Crippen LogP contribution in [0.2, 0.25) is 0 Å². The third kappa shape index (κ3) is 6.97. The Morgan fingerprint density at radius 2 is 2.14 bits per heavy atom. The summed E-state index contributed by atoms with van der Waals surface area (Å²) in [6, 6.07) is 4.87. The van der Waals surface area contributed by atoms with Crippen molar-refractivity contribution >= 4 is 5.96 Å². The molecule has 0 aliphatic rings. The van der Waals surface area contributed by atoms with Crippen LogP contribution < -0.4 is 15.8 Å². The van der Waals surface area contributed by atoms with Gasteiger partial charge in [-0.1, -0.05) is 32.3 Å². The number of benzene rings is 1. The number of ether oxygens (including phenoxy) is 1. The largest absolute Gasteiger partial charge is 0.494 e. The number of hydrogen-bond acceptors (Lipinski definition) is 2. The van der Waals surface area contributed by atoms with E-state index in [0.717, 1.165) is 24.9 Å². The minimum atomic E-state index is -0.345. The Bertz CT molecular complexity index is 449. The maximum Gasteiger partial charge on any atom is 0.188 e. The van der Waals surface area contributed by atoms with Gasteiger partial charge in [-0.05, 0) is 30.5 Å². The summed E-state index contributed by atoms with van der Waals surface area (Å²) in [6.45, 7) is 3.62. The number of unbranched alkanes of at least 4 members (excludes halogenated alkanes) is 3. The lowest BCUT2D eigenvalue weighted by Gasteiger charge is -2.08. The molecule has 0 radical (unpaired) electrons. The minimum absolute atomic E-state index is 0.269. The average Bonchev–Trinajstić information content (AvgIpc) is 2.48. The maximum atomic E-state index is 13.3. The fourth-order valence-electron chi connectivity index (χ4n) is 1.99. The third-order valence-electron chi connectivity index (χ3n) is 3.23. The zero-order valence-corrected chi connectivity index (χ0v) is 13.0. The molecule has 0 atom stereocenters. The summed E-state index contributed by atoms with van der Waals surface area (Å²) in [5.74, 6) is 0.396. The summed E-state index contributed by atoms with van der Waals surface area (Å²) < 4.78 is 18.2. The molecule has 0 heterocycles. The zero-order valence-electron chi connectivity index (χ0n) is 13.0. The quantitative estimate of drug-likeness (QED) is 0.418. The van der Waals surface area contributed by atoms with Crippen LogP contribution in [0.5, 0.6) is 5.75 Å². The van der Waals surface area contributed by atoms with Gasteiger partial charge in [-0.3, -0.25) is 4.99 Å². The van der Waals surface area contributed by atoms with E-state index in [0.29, 0.717) is 12.5 Å². The molecule has 0 unspecified atom stereocenters. The molecule has 1 aromatic carbocycles. The molecule has 1 aromatic rings. The summed E-state index contributed by atoms with van der Waals surface area (Å²) in [5.41, 5.74) is 6.78. The highest BCUT2D eigenvalue weighted by Gasteiger charge is 2.03. The summed E-state index contributed by atoms with van der Waals surface area (Å²) >= 11 is 0. The summed E-state index contributed by atoms with van der Waals surface area (Å²) in [7, 11) is 1.46. The predicted octanol–water partition coefficient (Wildman–Crippen LogP) is 2.86. The van der Waals surface area contributed by atoms with Gasteiger partial charge in [0.05, 0.1) is 7.11 Å². The van der Waals surface area contributed by atoms with Crippen molar-refractivity contribution in [1.29, 1.82) is 0 Å². The Balaban J connectivity index is 2.27. The molecule has 0 saturated carbocycles. The molecule has 0 fully saturated rings.